The van der Waals surface area contributed by atoms with E-state index in [1.54, 1.807) is 6.20 Å². The molecule has 0 radical (unpaired) electrons. The molecule has 0 spiro atoms. The van der Waals surface area contributed by atoms with Crippen molar-refractivity contribution in [2.75, 3.05) is 25.0 Å². The van der Waals surface area contributed by atoms with Crippen molar-refractivity contribution >= 4 is 27.7 Å². The van der Waals surface area contributed by atoms with Crippen LogP contribution in [0.3, 0.4) is 0 Å². The first-order valence-electron chi connectivity index (χ1n) is 6.30. The number of rotatable bonds is 3. The van der Waals surface area contributed by atoms with Gasteiger partial charge in [0.25, 0.3) is 0 Å². The molecule has 1 aliphatic heterocycles. The first-order chi connectivity index (χ1) is 8.66. The Balaban J connectivity index is 1.88. The molecule has 1 aliphatic rings. The van der Waals surface area contributed by atoms with E-state index in [-0.39, 0.29) is 5.91 Å². The predicted octanol–water partition coefficient (Wildman–Crippen LogP) is 2.58. The highest BCUT2D eigenvalue weighted by atomic mass is 79.9. The van der Waals surface area contributed by atoms with Crippen LogP contribution in [0.2, 0.25) is 0 Å². The van der Waals surface area contributed by atoms with Gasteiger partial charge in [-0.2, -0.15) is 0 Å². The van der Waals surface area contributed by atoms with E-state index in [2.05, 4.69) is 26.2 Å². The van der Waals surface area contributed by atoms with Gasteiger partial charge in [0.1, 0.15) is 5.82 Å². The summed E-state index contributed by atoms with van der Waals surface area (Å²) in [4.78, 5) is 18.2. The Bertz CT molecular complexity index is 430. The first kappa shape index (κ1) is 13.3. The number of hydrogen-bond acceptors (Lipinski definition) is 3. The highest BCUT2D eigenvalue weighted by molar-refractivity contribution is 9.10. The zero-order valence-corrected chi connectivity index (χ0v) is 12.2. The Morgan fingerprint density at radius 2 is 2.17 bits per heavy atom. The standard InChI is InChI=1S/C13H18BrN3O/c1-10-7-11(14)8-15-13(10)16-9-12(18)17-5-3-2-4-6-17/h7-8H,2-6,9H2,1H3,(H,15,16). The van der Waals surface area contributed by atoms with Gasteiger partial charge in [-0.05, 0) is 53.7 Å². The molecule has 1 saturated heterocycles. The van der Waals surface area contributed by atoms with Crippen LogP contribution in [0, 0.1) is 6.92 Å². The van der Waals surface area contributed by atoms with Crippen LogP contribution in [0.4, 0.5) is 5.82 Å². The number of aromatic nitrogens is 1. The molecule has 0 saturated carbocycles. The predicted molar refractivity (Wildman–Crippen MR) is 75.6 cm³/mol. The van der Waals surface area contributed by atoms with Crippen molar-refractivity contribution in [3.63, 3.8) is 0 Å². The number of nitrogens with zero attached hydrogens (tertiary/aromatic N) is 2. The smallest absolute Gasteiger partial charge is 0.241 e. The molecule has 1 aromatic heterocycles. The highest BCUT2D eigenvalue weighted by Gasteiger charge is 2.16. The van der Waals surface area contributed by atoms with Crippen LogP contribution in [0.25, 0.3) is 0 Å². The highest BCUT2D eigenvalue weighted by Crippen LogP contribution is 2.16. The summed E-state index contributed by atoms with van der Waals surface area (Å²) in [6.07, 6.45) is 5.23. The molecule has 2 heterocycles. The molecule has 1 fully saturated rings. The second kappa shape index (κ2) is 6.18. The lowest BCUT2D eigenvalue weighted by molar-refractivity contribution is -0.130. The summed E-state index contributed by atoms with van der Waals surface area (Å²) in [6, 6.07) is 1.99. The number of halogens is 1. The van der Waals surface area contributed by atoms with Gasteiger partial charge in [-0.15, -0.1) is 0 Å². The van der Waals surface area contributed by atoms with E-state index in [9.17, 15) is 4.79 Å². The van der Waals surface area contributed by atoms with Gasteiger partial charge in [0.15, 0.2) is 0 Å². The third-order valence-corrected chi connectivity index (χ3v) is 3.59. The van der Waals surface area contributed by atoms with Crippen molar-refractivity contribution in [3.8, 4) is 0 Å². The van der Waals surface area contributed by atoms with Gasteiger partial charge in [-0.1, -0.05) is 0 Å². The molecule has 0 atom stereocenters. The van der Waals surface area contributed by atoms with E-state index >= 15 is 0 Å². The summed E-state index contributed by atoms with van der Waals surface area (Å²) in [5.74, 6) is 0.947. The number of carbonyl (C=O) groups is 1. The summed E-state index contributed by atoms with van der Waals surface area (Å²) in [5, 5.41) is 3.11. The van der Waals surface area contributed by atoms with Crippen molar-refractivity contribution in [2.24, 2.45) is 0 Å². The SMILES string of the molecule is Cc1cc(Br)cnc1NCC(=O)N1CCCCC1. The summed E-state index contributed by atoms with van der Waals surface area (Å²) in [5.41, 5.74) is 1.04. The molecule has 0 unspecified atom stereocenters. The molecule has 2 rings (SSSR count). The number of aryl methyl sites for hydroxylation is 1. The van der Waals surface area contributed by atoms with E-state index in [1.165, 1.54) is 6.42 Å². The molecule has 4 nitrogen and oxygen atoms in total. The van der Waals surface area contributed by atoms with Crippen LogP contribution in [0.5, 0.6) is 0 Å². The molecule has 1 N–H and O–H groups in total. The molecule has 1 aromatic rings. The third-order valence-electron chi connectivity index (χ3n) is 3.16. The fourth-order valence-corrected chi connectivity index (χ4v) is 2.59. The van der Waals surface area contributed by atoms with Crippen LogP contribution in [-0.4, -0.2) is 35.4 Å². The molecular formula is C13H18BrN3O. The average Bonchev–Trinajstić information content (AvgIpc) is 2.38. The van der Waals surface area contributed by atoms with Gasteiger partial charge in [-0.3, -0.25) is 4.79 Å². The van der Waals surface area contributed by atoms with E-state index in [0.29, 0.717) is 6.54 Å². The number of amides is 1. The largest absolute Gasteiger partial charge is 0.361 e. The molecule has 0 aromatic carbocycles. The molecule has 98 valence electrons. The monoisotopic (exact) mass is 311 g/mol. The van der Waals surface area contributed by atoms with Crippen LogP contribution >= 0.6 is 15.9 Å². The number of nitrogens with one attached hydrogen (secondary N) is 1. The Kier molecular flexibility index (Phi) is 4.58. The van der Waals surface area contributed by atoms with Gasteiger partial charge in [0.05, 0.1) is 6.54 Å². The molecule has 1 amide bonds. The van der Waals surface area contributed by atoms with Gasteiger partial charge in [0, 0.05) is 23.8 Å². The summed E-state index contributed by atoms with van der Waals surface area (Å²) in [6.45, 7) is 4.10. The molecule has 0 bridgehead atoms. The van der Waals surface area contributed by atoms with E-state index in [1.807, 2.05) is 17.9 Å². The normalized spacial score (nSPS) is 15.6. The quantitative estimate of drug-likeness (QED) is 0.933. The number of anilines is 1. The fraction of sp³-hybridized carbons (Fsp3) is 0.538. The average molecular weight is 312 g/mol. The minimum absolute atomic E-state index is 0.166. The zero-order valence-electron chi connectivity index (χ0n) is 10.6. The van der Waals surface area contributed by atoms with Crippen LogP contribution in [0.1, 0.15) is 24.8 Å². The van der Waals surface area contributed by atoms with Gasteiger partial charge in [0.2, 0.25) is 5.91 Å². The van der Waals surface area contributed by atoms with Crippen molar-refractivity contribution in [1.82, 2.24) is 9.88 Å². The second-order valence-electron chi connectivity index (χ2n) is 4.61. The molecule has 0 aliphatic carbocycles. The second-order valence-corrected chi connectivity index (χ2v) is 5.53. The van der Waals surface area contributed by atoms with Gasteiger partial charge in [-0.25, -0.2) is 4.98 Å². The summed E-state index contributed by atoms with van der Waals surface area (Å²) >= 11 is 3.37. The fourth-order valence-electron chi connectivity index (χ4n) is 2.14. The summed E-state index contributed by atoms with van der Waals surface area (Å²) < 4.78 is 0.952. The van der Waals surface area contributed by atoms with E-state index in [0.717, 1.165) is 41.8 Å². The lowest BCUT2D eigenvalue weighted by Crippen LogP contribution is -2.39. The number of pyridine rings is 1. The number of carbonyl (C=O) groups excluding carboxylic acids is 1. The molecule has 5 heteroatoms. The lowest BCUT2D eigenvalue weighted by atomic mass is 10.1. The zero-order chi connectivity index (χ0) is 13.0. The van der Waals surface area contributed by atoms with Crippen LogP contribution < -0.4 is 5.32 Å². The molecule has 18 heavy (non-hydrogen) atoms. The number of piperidine rings is 1. The third kappa shape index (κ3) is 3.45. The van der Waals surface area contributed by atoms with Crippen LogP contribution in [0.15, 0.2) is 16.7 Å². The Labute approximate surface area is 116 Å². The van der Waals surface area contributed by atoms with E-state index < -0.39 is 0 Å². The van der Waals surface area contributed by atoms with Crippen molar-refractivity contribution in [1.29, 1.82) is 0 Å². The van der Waals surface area contributed by atoms with Gasteiger partial charge >= 0.3 is 0 Å². The topological polar surface area (TPSA) is 45.2 Å². The lowest BCUT2D eigenvalue weighted by Gasteiger charge is -2.26. The van der Waals surface area contributed by atoms with Crippen molar-refractivity contribution in [2.45, 2.75) is 26.2 Å². The maximum Gasteiger partial charge on any atom is 0.241 e. The maximum absolute atomic E-state index is 12.0. The maximum atomic E-state index is 12.0. The number of hydrogen-bond donors (Lipinski definition) is 1. The van der Waals surface area contributed by atoms with Crippen molar-refractivity contribution < 1.29 is 4.79 Å². The van der Waals surface area contributed by atoms with Crippen LogP contribution in [-0.2, 0) is 4.79 Å². The number of likely N-dealkylation sites (tertiary alicyclic amines) is 1. The van der Waals surface area contributed by atoms with Crippen molar-refractivity contribution in [3.05, 3.63) is 22.3 Å². The Morgan fingerprint density at radius 1 is 1.44 bits per heavy atom. The first-order valence-corrected chi connectivity index (χ1v) is 7.10. The Morgan fingerprint density at radius 3 is 2.83 bits per heavy atom. The summed E-state index contributed by atoms with van der Waals surface area (Å²) in [7, 11) is 0. The minimum atomic E-state index is 0.166. The molecular weight excluding hydrogens is 294 g/mol. The van der Waals surface area contributed by atoms with Gasteiger partial charge < -0.3 is 10.2 Å². The Hall–Kier alpha value is -1.10. The van der Waals surface area contributed by atoms with E-state index in [4.69, 9.17) is 0 Å². The minimum Gasteiger partial charge on any atom is -0.361 e.